The topological polar surface area (TPSA) is 75.7 Å². The van der Waals surface area contributed by atoms with Crippen LogP contribution >= 0.6 is 11.3 Å². The molecule has 0 saturated heterocycles. The van der Waals surface area contributed by atoms with E-state index >= 15 is 0 Å². The Morgan fingerprint density at radius 3 is 2.66 bits per heavy atom. The minimum Gasteiger partial charge on any atom is -0.495 e. The van der Waals surface area contributed by atoms with Gasteiger partial charge in [-0.15, -0.1) is 11.3 Å². The maximum absolute atomic E-state index is 13.3. The van der Waals surface area contributed by atoms with E-state index in [1.807, 2.05) is 4.90 Å². The van der Waals surface area contributed by atoms with Crippen LogP contribution in [0.15, 0.2) is 34.5 Å². The van der Waals surface area contributed by atoms with Gasteiger partial charge < -0.3 is 9.64 Å². The van der Waals surface area contributed by atoms with E-state index in [0.29, 0.717) is 12.1 Å². The summed E-state index contributed by atoms with van der Waals surface area (Å²) >= 11 is 1.73. The van der Waals surface area contributed by atoms with E-state index in [2.05, 4.69) is 23.1 Å². The van der Waals surface area contributed by atoms with Crippen LogP contribution in [0.3, 0.4) is 0 Å². The standard InChI is InChI=1S/C21H28N2O4S2/c1-6-16-15-10-12-28-18(15)9-11-23(16)20(24)14-7-8-17(27-5)19(13-14)29(25,26)22-21(2,3)4/h7-8,10,12-13,16,22H,6,9,11H2,1-5H3. The van der Waals surface area contributed by atoms with Crippen molar-refractivity contribution in [1.29, 1.82) is 0 Å². The quantitative estimate of drug-likeness (QED) is 0.769. The van der Waals surface area contributed by atoms with E-state index in [9.17, 15) is 13.2 Å². The van der Waals surface area contributed by atoms with Gasteiger partial charge in [-0.3, -0.25) is 4.79 Å². The Morgan fingerprint density at radius 1 is 1.31 bits per heavy atom. The highest BCUT2D eigenvalue weighted by atomic mass is 32.2. The van der Waals surface area contributed by atoms with Gasteiger partial charge in [-0.25, -0.2) is 13.1 Å². The number of benzene rings is 1. The van der Waals surface area contributed by atoms with Crippen molar-refractivity contribution < 1.29 is 17.9 Å². The summed E-state index contributed by atoms with van der Waals surface area (Å²) in [6.45, 7) is 7.99. The minimum atomic E-state index is -3.85. The van der Waals surface area contributed by atoms with Gasteiger partial charge in [0.1, 0.15) is 10.6 Å². The fourth-order valence-corrected chi connectivity index (χ4v) is 6.27. The van der Waals surface area contributed by atoms with Crippen molar-refractivity contribution in [1.82, 2.24) is 9.62 Å². The summed E-state index contributed by atoms with van der Waals surface area (Å²) in [4.78, 5) is 16.5. The van der Waals surface area contributed by atoms with Gasteiger partial charge in [0.05, 0.1) is 13.2 Å². The zero-order valence-electron chi connectivity index (χ0n) is 17.5. The fraction of sp³-hybridized carbons (Fsp3) is 0.476. The highest BCUT2D eigenvalue weighted by Crippen LogP contribution is 2.36. The third kappa shape index (κ3) is 4.49. The van der Waals surface area contributed by atoms with E-state index in [0.717, 1.165) is 12.8 Å². The molecule has 0 radical (unpaired) electrons. The van der Waals surface area contributed by atoms with Gasteiger partial charge in [-0.05, 0) is 68.8 Å². The van der Waals surface area contributed by atoms with Crippen molar-refractivity contribution >= 4 is 27.3 Å². The number of hydrogen-bond donors (Lipinski definition) is 1. The first-order valence-electron chi connectivity index (χ1n) is 9.66. The number of nitrogens with one attached hydrogen (secondary N) is 1. The molecule has 8 heteroatoms. The average Bonchev–Trinajstić information content (AvgIpc) is 3.13. The Hall–Kier alpha value is -1.90. The Balaban J connectivity index is 1.98. The molecule has 0 bridgehead atoms. The Labute approximate surface area is 176 Å². The Morgan fingerprint density at radius 2 is 2.03 bits per heavy atom. The average molecular weight is 437 g/mol. The lowest BCUT2D eigenvalue weighted by Crippen LogP contribution is -2.41. The molecular formula is C21H28N2O4S2. The van der Waals surface area contributed by atoms with Crippen LogP contribution in [0.1, 0.15) is 61.0 Å². The molecule has 0 saturated carbocycles. The van der Waals surface area contributed by atoms with Crippen molar-refractivity contribution in [2.75, 3.05) is 13.7 Å². The first-order valence-corrected chi connectivity index (χ1v) is 12.0. The summed E-state index contributed by atoms with van der Waals surface area (Å²) in [7, 11) is -2.43. The predicted octanol–water partition coefficient (Wildman–Crippen LogP) is 3.98. The van der Waals surface area contributed by atoms with E-state index in [-0.39, 0.29) is 22.6 Å². The van der Waals surface area contributed by atoms with Crippen LogP contribution < -0.4 is 9.46 Å². The summed E-state index contributed by atoms with van der Waals surface area (Å²) in [5.74, 6) is 0.0488. The van der Waals surface area contributed by atoms with E-state index in [1.54, 1.807) is 44.2 Å². The molecule has 1 unspecified atom stereocenters. The molecule has 1 atom stereocenters. The number of thiophene rings is 1. The van der Waals surface area contributed by atoms with Crippen LogP contribution in [0, 0.1) is 0 Å². The van der Waals surface area contributed by atoms with Crippen LogP contribution in [0.5, 0.6) is 5.75 Å². The lowest BCUT2D eigenvalue weighted by molar-refractivity contribution is 0.0657. The molecular weight excluding hydrogens is 408 g/mol. The molecule has 0 fully saturated rings. The molecule has 29 heavy (non-hydrogen) atoms. The summed E-state index contributed by atoms with van der Waals surface area (Å²) in [6, 6.07) is 6.70. The molecule has 158 valence electrons. The highest BCUT2D eigenvalue weighted by Gasteiger charge is 2.32. The lowest BCUT2D eigenvalue weighted by Gasteiger charge is -2.35. The van der Waals surface area contributed by atoms with Gasteiger partial charge in [-0.2, -0.15) is 0 Å². The van der Waals surface area contributed by atoms with Crippen LogP contribution in [-0.4, -0.2) is 38.4 Å². The molecule has 1 aliphatic rings. The number of nitrogens with zero attached hydrogens (tertiary/aromatic N) is 1. The first-order chi connectivity index (χ1) is 13.6. The highest BCUT2D eigenvalue weighted by molar-refractivity contribution is 7.89. The van der Waals surface area contributed by atoms with Gasteiger partial charge in [0, 0.05) is 22.5 Å². The third-order valence-electron chi connectivity index (χ3n) is 4.88. The number of fused-ring (bicyclic) bond motifs is 1. The van der Waals surface area contributed by atoms with Gasteiger partial charge in [-0.1, -0.05) is 6.92 Å². The SMILES string of the molecule is CCC1c2ccsc2CCN1C(=O)c1ccc(OC)c(S(=O)(=O)NC(C)(C)C)c1. The zero-order valence-corrected chi connectivity index (χ0v) is 19.1. The summed E-state index contributed by atoms with van der Waals surface area (Å²) in [5, 5.41) is 2.07. The van der Waals surface area contributed by atoms with Crippen molar-refractivity contribution in [3.8, 4) is 5.75 Å². The second-order valence-electron chi connectivity index (χ2n) is 8.19. The van der Waals surface area contributed by atoms with Crippen LogP contribution in [0.25, 0.3) is 0 Å². The number of carbonyl (C=O) groups excluding carboxylic acids is 1. The number of ether oxygens (including phenoxy) is 1. The zero-order chi connectivity index (χ0) is 21.4. The molecule has 3 rings (SSSR count). The van der Waals surface area contributed by atoms with Gasteiger partial charge in [0.15, 0.2) is 0 Å². The number of sulfonamides is 1. The molecule has 1 aromatic carbocycles. The molecule has 2 aromatic rings. The molecule has 1 aromatic heterocycles. The number of amides is 1. The second-order valence-corrected chi connectivity index (χ2v) is 10.8. The first kappa shape index (κ1) is 21.8. The number of hydrogen-bond acceptors (Lipinski definition) is 5. The van der Waals surface area contributed by atoms with E-state index in [4.69, 9.17) is 4.74 Å². The maximum Gasteiger partial charge on any atom is 0.254 e. The largest absolute Gasteiger partial charge is 0.495 e. The second kappa shape index (κ2) is 8.08. The van der Waals surface area contributed by atoms with Crippen molar-refractivity contribution in [3.05, 3.63) is 45.6 Å². The Kier molecular flexibility index (Phi) is 6.08. The normalized spacial score (nSPS) is 17.1. The van der Waals surface area contributed by atoms with Crippen LogP contribution in [-0.2, 0) is 16.4 Å². The molecule has 1 amide bonds. The predicted molar refractivity (Wildman–Crippen MR) is 115 cm³/mol. The number of rotatable bonds is 5. The summed E-state index contributed by atoms with van der Waals surface area (Å²) in [5.41, 5.74) is 0.893. The van der Waals surface area contributed by atoms with Gasteiger partial charge in [0.2, 0.25) is 10.0 Å². The van der Waals surface area contributed by atoms with Crippen LogP contribution in [0.2, 0.25) is 0 Å². The molecule has 0 spiro atoms. The van der Waals surface area contributed by atoms with Crippen molar-refractivity contribution in [2.45, 2.75) is 57.0 Å². The third-order valence-corrected chi connectivity index (χ3v) is 7.66. The van der Waals surface area contributed by atoms with E-state index < -0.39 is 15.6 Å². The van der Waals surface area contributed by atoms with Gasteiger partial charge in [0.25, 0.3) is 5.91 Å². The number of carbonyl (C=O) groups is 1. The summed E-state index contributed by atoms with van der Waals surface area (Å²) < 4.78 is 33.7. The molecule has 2 heterocycles. The lowest BCUT2D eigenvalue weighted by atomic mass is 9.97. The van der Waals surface area contributed by atoms with Crippen LogP contribution in [0.4, 0.5) is 0 Å². The van der Waals surface area contributed by atoms with Crippen molar-refractivity contribution in [3.63, 3.8) is 0 Å². The molecule has 0 aliphatic carbocycles. The molecule has 6 nitrogen and oxygen atoms in total. The monoisotopic (exact) mass is 436 g/mol. The minimum absolute atomic E-state index is 0.00681. The fourth-order valence-electron chi connectivity index (χ4n) is 3.72. The molecule has 1 aliphatic heterocycles. The van der Waals surface area contributed by atoms with Gasteiger partial charge >= 0.3 is 0 Å². The Bertz CT molecular complexity index is 1010. The number of methoxy groups -OCH3 is 1. The van der Waals surface area contributed by atoms with E-state index in [1.165, 1.54) is 23.6 Å². The maximum atomic E-state index is 13.3. The summed E-state index contributed by atoms with van der Waals surface area (Å²) in [6.07, 6.45) is 1.63. The molecule has 1 N–H and O–H groups in total. The van der Waals surface area contributed by atoms with Crippen molar-refractivity contribution in [2.24, 2.45) is 0 Å². The smallest absolute Gasteiger partial charge is 0.254 e.